The summed E-state index contributed by atoms with van der Waals surface area (Å²) < 4.78 is 24.3. The third kappa shape index (κ3) is 3.06. The summed E-state index contributed by atoms with van der Waals surface area (Å²) in [6.45, 7) is 1.86. The number of sulfonamides is 1. The zero-order valence-electron chi connectivity index (χ0n) is 10.1. The van der Waals surface area contributed by atoms with Crippen LogP contribution in [-0.4, -0.2) is 60.9 Å². The van der Waals surface area contributed by atoms with Gasteiger partial charge >= 0.3 is 0 Å². The number of aromatic nitrogens is 1. The van der Waals surface area contributed by atoms with Gasteiger partial charge in [-0.15, -0.1) is 11.3 Å². The topological polar surface area (TPSA) is 70.6 Å². The third-order valence-electron chi connectivity index (χ3n) is 2.85. The SMILES string of the molecule is CS(=O)(=O)N1CCCN(C(=O)c2cncs2)CC1. The molecule has 1 saturated heterocycles. The molecule has 0 unspecified atom stereocenters. The first-order chi connectivity index (χ1) is 8.48. The lowest BCUT2D eigenvalue weighted by Gasteiger charge is -2.20. The van der Waals surface area contributed by atoms with E-state index < -0.39 is 10.0 Å². The fraction of sp³-hybridized carbons (Fsp3) is 0.600. The molecule has 0 aliphatic carbocycles. The molecule has 2 rings (SSSR count). The molecule has 0 saturated carbocycles. The van der Waals surface area contributed by atoms with Crippen LogP contribution in [0.3, 0.4) is 0 Å². The van der Waals surface area contributed by atoms with Gasteiger partial charge in [-0.3, -0.25) is 9.78 Å². The average Bonchev–Trinajstić information content (AvgIpc) is 2.70. The molecule has 0 radical (unpaired) electrons. The first-order valence-corrected chi connectivity index (χ1v) is 8.34. The summed E-state index contributed by atoms with van der Waals surface area (Å²) in [6, 6.07) is 0. The highest BCUT2D eigenvalue weighted by atomic mass is 32.2. The number of nitrogens with zero attached hydrogens (tertiary/aromatic N) is 3. The van der Waals surface area contributed by atoms with E-state index in [4.69, 9.17) is 0 Å². The van der Waals surface area contributed by atoms with E-state index in [1.165, 1.54) is 21.9 Å². The van der Waals surface area contributed by atoms with Crippen LogP contribution < -0.4 is 0 Å². The Morgan fingerprint density at radius 1 is 1.33 bits per heavy atom. The third-order valence-corrected chi connectivity index (χ3v) is 4.92. The van der Waals surface area contributed by atoms with Crippen LogP contribution in [0.4, 0.5) is 0 Å². The van der Waals surface area contributed by atoms with Crippen molar-refractivity contribution in [3.05, 3.63) is 16.6 Å². The molecule has 0 aromatic carbocycles. The van der Waals surface area contributed by atoms with E-state index in [0.717, 1.165) is 0 Å². The molecule has 1 aliphatic heterocycles. The molecule has 6 nitrogen and oxygen atoms in total. The Kier molecular flexibility index (Phi) is 3.98. The smallest absolute Gasteiger partial charge is 0.265 e. The maximum atomic E-state index is 12.1. The van der Waals surface area contributed by atoms with E-state index in [-0.39, 0.29) is 5.91 Å². The molecule has 0 N–H and O–H groups in total. The van der Waals surface area contributed by atoms with Gasteiger partial charge in [0.25, 0.3) is 5.91 Å². The molecule has 1 amide bonds. The van der Waals surface area contributed by atoms with E-state index in [9.17, 15) is 13.2 Å². The van der Waals surface area contributed by atoms with Crippen LogP contribution in [0, 0.1) is 0 Å². The molecule has 0 bridgehead atoms. The van der Waals surface area contributed by atoms with Gasteiger partial charge in [0.05, 0.1) is 18.0 Å². The Bertz CT molecular complexity index is 512. The quantitative estimate of drug-likeness (QED) is 0.782. The summed E-state index contributed by atoms with van der Waals surface area (Å²) >= 11 is 1.30. The van der Waals surface area contributed by atoms with Crippen molar-refractivity contribution in [2.75, 3.05) is 32.4 Å². The minimum Gasteiger partial charge on any atom is -0.337 e. The Hall–Kier alpha value is -0.990. The van der Waals surface area contributed by atoms with Crippen molar-refractivity contribution in [2.45, 2.75) is 6.42 Å². The maximum Gasteiger partial charge on any atom is 0.265 e. The largest absolute Gasteiger partial charge is 0.337 e. The Balaban J connectivity index is 2.04. The lowest BCUT2D eigenvalue weighted by Crippen LogP contribution is -2.36. The highest BCUT2D eigenvalue weighted by molar-refractivity contribution is 7.88. The van der Waals surface area contributed by atoms with Crippen LogP contribution in [0.2, 0.25) is 0 Å². The van der Waals surface area contributed by atoms with E-state index in [1.807, 2.05) is 0 Å². The van der Waals surface area contributed by atoms with Gasteiger partial charge in [0.1, 0.15) is 4.88 Å². The molecule has 100 valence electrons. The second kappa shape index (κ2) is 5.33. The summed E-state index contributed by atoms with van der Waals surface area (Å²) in [6.07, 6.45) is 3.41. The van der Waals surface area contributed by atoms with Gasteiger partial charge in [-0.25, -0.2) is 12.7 Å². The number of hydrogen-bond acceptors (Lipinski definition) is 5. The Morgan fingerprint density at radius 3 is 2.72 bits per heavy atom. The van der Waals surface area contributed by atoms with Gasteiger partial charge in [-0.2, -0.15) is 0 Å². The molecule has 2 heterocycles. The van der Waals surface area contributed by atoms with Crippen LogP contribution in [-0.2, 0) is 10.0 Å². The first-order valence-electron chi connectivity index (χ1n) is 5.61. The number of carbonyl (C=O) groups is 1. The highest BCUT2D eigenvalue weighted by Crippen LogP contribution is 2.13. The van der Waals surface area contributed by atoms with E-state index in [0.29, 0.717) is 37.5 Å². The van der Waals surface area contributed by atoms with Gasteiger partial charge < -0.3 is 4.90 Å². The fourth-order valence-electron chi connectivity index (χ4n) is 1.91. The van der Waals surface area contributed by atoms with E-state index in [2.05, 4.69) is 4.98 Å². The minimum absolute atomic E-state index is 0.0622. The molecule has 0 atom stereocenters. The molecule has 0 spiro atoms. The van der Waals surface area contributed by atoms with Crippen molar-refractivity contribution >= 4 is 27.3 Å². The Labute approximate surface area is 110 Å². The second-order valence-electron chi connectivity index (χ2n) is 4.17. The number of carbonyl (C=O) groups excluding carboxylic acids is 1. The Morgan fingerprint density at radius 2 is 2.11 bits per heavy atom. The minimum atomic E-state index is -3.17. The van der Waals surface area contributed by atoms with Gasteiger partial charge in [-0.1, -0.05) is 0 Å². The zero-order valence-corrected chi connectivity index (χ0v) is 11.7. The molecule has 1 aromatic rings. The molecule has 1 fully saturated rings. The van der Waals surface area contributed by atoms with Crippen molar-refractivity contribution in [3.63, 3.8) is 0 Å². The highest BCUT2D eigenvalue weighted by Gasteiger charge is 2.24. The van der Waals surface area contributed by atoms with Crippen LogP contribution >= 0.6 is 11.3 Å². The summed E-state index contributed by atoms with van der Waals surface area (Å²) in [5.41, 5.74) is 1.62. The number of thiazole rings is 1. The molecule has 8 heteroatoms. The van der Waals surface area contributed by atoms with Crippen LogP contribution in [0.1, 0.15) is 16.1 Å². The lowest BCUT2D eigenvalue weighted by molar-refractivity contribution is 0.0769. The molecular weight excluding hydrogens is 274 g/mol. The zero-order chi connectivity index (χ0) is 13.2. The monoisotopic (exact) mass is 289 g/mol. The number of rotatable bonds is 2. The van der Waals surface area contributed by atoms with Crippen LogP contribution in [0.15, 0.2) is 11.7 Å². The van der Waals surface area contributed by atoms with Gasteiger partial charge in [0, 0.05) is 26.2 Å². The summed E-state index contributed by atoms with van der Waals surface area (Å²) in [4.78, 5) is 18.3. The fourth-order valence-corrected chi connectivity index (χ4v) is 3.37. The summed E-state index contributed by atoms with van der Waals surface area (Å²) in [5.74, 6) is -0.0622. The van der Waals surface area contributed by atoms with Gasteiger partial charge in [-0.05, 0) is 6.42 Å². The summed E-state index contributed by atoms with van der Waals surface area (Å²) in [7, 11) is -3.17. The van der Waals surface area contributed by atoms with Crippen molar-refractivity contribution in [2.24, 2.45) is 0 Å². The standard InChI is InChI=1S/C10H15N3O3S2/c1-18(15,16)13-4-2-3-12(5-6-13)10(14)9-7-11-8-17-9/h7-8H,2-6H2,1H3. The molecule has 18 heavy (non-hydrogen) atoms. The predicted molar refractivity (Wildman–Crippen MR) is 69.1 cm³/mol. The number of amides is 1. The molecule has 1 aliphatic rings. The molecule has 1 aromatic heterocycles. The van der Waals surface area contributed by atoms with Crippen LogP contribution in [0.5, 0.6) is 0 Å². The van der Waals surface area contributed by atoms with Crippen molar-refractivity contribution < 1.29 is 13.2 Å². The number of hydrogen-bond donors (Lipinski definition) is 0. The van der Waals surface area contributed by atoms with Crippen molar-refractivity contribution in [1.82, 2.24) is 14.2 Å². The maximum absolute atomic E-state index is 12.1. The van der Waals surface area contributed by atoms with Gasteiger partial charge in [0.15, 0.2) is 0 Å². The first kappa shape index (κ1) is 13.4. The predicted octanol–water partition coefficient (Wildman–Crippen LogP) is 0.251. The molecular formula is C10H15N3O3S2. The van der Waals surface area contributed by atoms with Crippen LogP contribution in [0.25, 0.3) is 0 Å². The normalized spacial score (nSPS) is 18.6. The van der Waals surface area contributed by atoms with Gasteiger partial charge in [0.2, 0.25) is 10.0 Å². The van der Waals surface area contributed by atoms with Crippen molar-refractivity contribution in [1.29, 1.82) is 0 Å². The average molecular weight is 289 g/mol. The summed E-state index contributed by atoms with van der Waals surface area (Å²) in [5, 5.41) is 0. The van der Waals surface area contributed by atoms with E-state index >= 15 is 0 Å². The van der Waals surface area contributed by atoms with Crippen molar-refractivity contribution in [3.8, 4) is 0 Å². The van der Waals surface area contributed by atoms with E-state index in [1.54, 1.807) is 16.6 Å². The lowest BCUT2D eigenvalue weighted by atomic mass is 10.3. The second-order valence-corrected chi connectivity index (χ2v) is 7.04.